The lowest BCUT2D eigenvalue weighted by Gasteiger charge is -2.11. The van der Waals surface area contributed by atoms with Crippen molar-refractivity contribution >= 4 is 5.82 Å². The lowest BCUT2D eigenvalue weighted by Crippen LogP contribution is -2.24. The minimum absolute atomic E-state index is 0.0707. The van der Waals surface area contributed by atoms with Gasteiger partial charge in [-0.15, -0.1) is 0 Å². The standard InChI is InChI=1S/C9H15N3O2/c1-3-14-7(2)6-12-8-9(13)11-5-4-10-8/h4-5,7H,3,6H2,1-2H3,(H,10,12)(H,11,13). The summed E-state index contributed by atoms with van der Waals surface area (Å²) in [5.41, 5.74) is -0.212. The number of aromatic amines is 1. The first kappa shape index (κ1) is 10.7. The van der Waals surface area contributed by atoms with Gasteiger partial charge >= 0.3 is 0 Å². The van der Waals surface area contributed by atoms with Gasteiger partial charge in [-0.2, -0.15) is 0 Å². The van der Waals surface area contributed by atoms with Crippen molar-refractivity contribution in [3.8, 4) is 0 Å². The van der Waals surface area contributed by atoms with E-state index in [4.69, 9.17) is 4.74 Å². The van der Waals surface area contributed by atoms with Crippen LogP contribution in [-0.2, 0) is 4.74 Å². The average molecular weight is 197 g/mol. The Labute approximate surface area is 82.5 Å². The smallest absolute Gasteiger partial charge is 0.290 e. The predicted molar refractivity (Wildman–Crippen MR) is 54.4 cm³/mol. The highest BCUT2D eigenvalue weighted by Crippen LogP contribution is 1.94. The van der Waals surface area contributed by atoms with Crippen LogP contribution in [0.25, 0.3) is 0 Å². The van der Waals surface area contributed by atoms with Gasteiger partial charge in [-0.05, 0) is 13.8 Å². The fraction of sp³-hybridized carbons (Fsp3) is 0.556. The molecule has 0 spiro atoms. The van der Waals surface area contributed by atoms with Crippen LogP contribution in [0.2, 0.25) is 0 Å². The zero-order valence-electron chi connectivity index (χ0n) is 8.41. The maximum Gasteiger partial charge on any atom is 0.290 e. The highest BCUT2D eigenvalue weighted by molar-refractivity contribution is 5.29. The molecule has 5 heteroatoms. The number of nitrogens with one attached hydrogen (secondary N) is 2. The number of hydrogen-bond donors (Lipinski definition) is 2. The van der Waals surface area contributed by atoms with Crippen LogP contribution in [0.1, 0.15) is 13.8 Å². The quantitative estimate of drug-likeness (QED) is 0.725. The van der Waals surface area contributed by atoms with Gasteiger partial charge in [0.25, 0.3) is 5.56 Å². The molecule has 0 aliphatic rings. The molecule has 1 atom stereocenters. The Morgan fingerprint density at radius 2 is 2.50 bits per heavy atom. The Morgan fingerprint density at radius 3 is 3.14 bits per heavy atom. The largest absolute Gasteiger partial charge is 0.377 e. The molecule has 2 N–H and O–H groups in total. The zero-order valence-corrected chi connectivity index (χ0v) is 8.41. The van der Waals surface area contributed by atoms with Crippen LogP contribution in [0, 0.1) is 0 Å². The van der Waals surface area contributed by atoms with Crippen molar-refractivity contribution in [1.82, 2.24) is 9.97 Å². The minimum atomic E-state index is -0.212. The van der Waals surface area contributed by atoms with E-state index in [2.05, 4.69) is 15.3 Å². The molecule has 0 amide bonds. The van der Waals surface area contributed by atoms with E-state index in [0.717, 1.165) is 0 Å². The number of anilines is 1. The van der Waals surface area contributed by atoms with Gasteiger partial charge in [-0.3, -0.25) is 4.79 Å². The molecule has 0 aromatic carbocycles. The highest BCUT2D eigenvalue weighted by atomic mass is 16.5. The molecule has 14 heavy (non-hydrogen) atoms. The first-order valence-electron chi connectivity index (χ1n) is 4.63. The molecule has 1 aromatic rings. The summed E-state index contributed by atoms with van der Waals surface area (Å²) in [5.74, 6) is 0.332. The molecule has 1 aromatic heterocycles. The lowest BCUT2D eigenvalue weighted by molar-refractivity contribution is 0.0854. The number of ether oxygens (including phenoxy) is 1. The predicted octanol–water partition coefficient (Wildman–Crippen LogP) is 0.607. The summed E-state index contributed by atoms with van der Waals surface area (Å²) < 4.78 is 5.30. The van der Waals surface area contributed by atoms with E-state index >= 15 is 0 Å². The Hall–Kier alpha value is -1.36. The van der Waals surface area contributed by atoms with Crippen LogP contribution >= 0.6 is 0 Å². The van der Waals surface area contributed by atoms with Gasteiger partial charge in [0, 0.05) is 25.5 Å². The number of nitrogens with zero attached hydrogens (tertiary/aromatic N) is 1. The third kappa shape index (κ3) is 3.18. The summed E-state index contributed by atoms with van der Waals surface area (Å²) in [6.45, 7) is 5.12. The van der Waals surface area contributed by atoms with Gasteiger partial charge < -0.3 is 15.0 Å². The molecule has 1 heterocycles. The van der Waals surface area contributed by atoms with Gasteiger partial charge in [0.1, 0.15) is 0 Å². The van der Waals surface area contributed by atoms with Gasteiger partial charge in [-0.25, -0.2) is 4.98 Å². The topological polar surface area (TPSA) is 67.0 Å². The molecule has 0 radical (unpaired) electrons. The maximum atomic E-state index is 11.2. The molecule has 1 unspecified atom stereocenters. The Morgan fingerprint density at radius 1 is 1.71 bits per heavy atom. The number of H-pyrrole nitrogens is 1. The monoisotopic (exact) mass is 197 g/mol. The van der Waals surface area contributed by atoms with Gasteiger partial charge in [0.2, 0.25) is 0 Å². The Balaban J connectivity index is 2.46. The van der Waals surface area contributed by atoms with Crippen molar-refractivity contribution < 1.29 is 4.74 Å². The second-order valence-corrected chi connectivity index (χ2v) is 2.91. The van der Waals surface area contributed by atoms with E-state index in [-0.39, 0.29) is 11.7 Å². The van der Waals surface area contributed by atoms with Crippen molar-refractivity contribution in [3.05, 3.63) is 22.7 Å². The highest BCUT2D eigenvalue weighted by Gasteiger charge is 2.03. The fourth-order valence-electron chi connectivity index (χ4n) is 1.06. The van der Waals surface area contributed by atoms with E-state index in [1.165, 1.54) is 12.4 Å². The second kappa shape index (κ2) is 5.39. The minimum Gasteiger partial charge on any atom is -0.377 e. The molecule has 5 nitrogen and oxygen atoms in total. The van der Waals surface area contributed by atoms with Crippen LogP contribution in [-0.4, -0.2) is 29.2 Å². The summed E-state index contributed by atoms with van der Waals surface area (Å²) in [7, 11) is 0. The van der Waals surface area contributed by atoms with Crippen molar-refractivity contribution in [2.24, 2.45) is 0 Å². The van der Waals surface area contributed by atoms with Gasteiger partial charge in [0.05, 0.1) is 6.10 Å². The molecule has 0 saturated carbocycles. The lowest BCUT2D eigenvalue weighted by atomic mass is 10.4. The second-order valence-electron chi connectivity index (χ2n) is 2.91. The summed E-state index contributed by atoms with van der Waals surface area (Å²) in [6, 6.07) is 0. The molecular weight excluding hydrogens is 182 g/mol. The molecule has 0 aliphatic heterocycles. The maximum absolute atomic E-state index is 11.2. The fourth-order valence-corrected chi connectivity index (χ4v) is 1.06. The van der Waals surface area contributed by atoms with Crippen LogP contribution in [0.15, 0.2) is 17.2 Å². The van der Waals surface area contributed by atoms with Gasteiger partial charge in [0.15, 0.2) is 5.82 Å². The third-order valence-electron chi connectivity index (χ3n) is 1.72. The van der Waals surface area contributed by atoms with Crippen LogP contribution in [0.5, 0.6) is 0 Å². The first-order valence-corrected chi connectivity index (χ1v) is 4.63. The number of aromatic nitrogens is 2. The Bertz CT molecular complexity index is 324. The third-order valence-corrected chi connectivity index (χ3v) is 1.72. The SMILES string of the molecule is CCOC(C)CNc1ncc[nH]c1=O. The molecule has 0 bridgehead atoms. The van der Waals surface area contributed by atoms with Crippen molar-refractivity contribution in [1.29, 1.82) is 0 Å². The van der Waals surface area contributed by atoms with Crippen LogP contribution in [0.4, 0.5) is 5.82 Å². The van der Waals surface area contributed by atoms with E-state index in [9.17, 15) is 4.79 Å². The zero-order chi connectivity index (χ0) is 10.4. The van der Waals surface area contributed by atoms with Crippen molar-refractivity contribution in [2.75, 3.05) is 18.5 Å². The van der Waals surface area contributed by atoms with E-state index in [1.807, 2.05) is 13.8 Å². The molecule has 0 fully saturated rings. The molecule has 0 aliphatic carbocycles. The molecule has 1 rings (SSSR count). The first-order chi connectivity index (χ1) is 6.74. The summed E-state index contributed by atoms with van der Waals surface area (Å²) in [4.78, 5) is 17.6. The van der Waals surface area contributed by atoms with E-state index in [1.54, 1.807) is 0 Å². The van der Waals surface area contributed by atoms with E-state index in [0.29, 0.717) is 19.0 Å². The summed E-state index contributed by atoms with van der Waals surface area (Å²) in [5, 5.41) is 2.92. The van der Waals surface area contributed by atoms with Crippen LogP contribution < -0.4 is 10.9 Å². The number of rotatable bonds is 5. The summed E-state index contributed by atoms with van der Waals surface area (Å²) in [6.07, 6.45) is 3.11. The molecular formula is C9H15N3O2. The van der Waals surface area contributed by atoms with Gasteiger partial charge in [-0.1, -0.05) is 0 Å². The molecule has 78 valence electrons. The molecule has 0 saturated heterocycles. The number of hydrogen-bond acceptors (Lipinski definition) is 4. The van der Waals surface area contributed by atoms with Crippen molar-refractivity contribution in [2.45, 2.75) is 20.0 Å². The van der Waals surface area contributed by atoms with E-state index < -0.39 is 0 Å². The summed E-state index contributed by atoms with van der Waals surface area (Å²) >= 11 is 0. The Kier molecular flexibility index (Phi) is 4.12. The average Bonchev–Trinajstić information content (AvgIpc) is 2.17. The normalized spacial score (nSPS) is 12.4. The van der Waals surface area contributed by atoms with Crippen molar-refractivity contribution in [3.63, 3.8) is 0 Å². The van der Waals surface area contributed by atoms with Crippen LogP contribution in [0.3, 0.4) is 0 Å².